The minimum Gasteiger partial charge on any atom is -0.205 e. The van der Waals surface area contributed by atoms with Crippen molar-refractivity contribution in [2.24, 2.45) is 11.8 Å². The molecule has 3 heteroatoms. The second kappa shape index (κ2) is 6.19. The van der Waals surface area contributed by atoms with Crippen molar-refractivity contribution in [2.75, 3.05) is 5.33 Å². The molecule has 0 aliphatic heterocycles. The Morgan fingerprint density at radius 2 is 2.06 bits per heavy atom. The molecule has 0 aromatic heterocycles. The molecule has 1 unspecified atom stereocenters. The third kappa shape index (κ3) is 3.45. The fourth-order valence-electron chi connectivity index (χ4n) is 2.75. The van der Waals surface area contributed by atoms with Gasteiger partial charge in [0.15, 0.2) is 0 Å². The van der Waals surface area contributed by atoms with Crippen molar-refractivity contribution in [3.63, 3.8) is 0 Å². The molecule has 0 radical (unpaired) electrons. The van der Waals surface area contributed by atoms with Gasteiger partial charge in [-0.1, -0.05) is 59.3 Å². The summed E-state index contributed by atoms with van der Waals surface area (Å²) in [7, 11) is 0. The van der Waals surface area contributed by atoms with Gasteiger partial charge in [0.2, 0.25) is 0 Å². The lowest BCUT2D eigenvalue weighted by molar-refractivity contribution is 0.372. The van der Waals surface area contributed by atoms with Gasteiger partial charge in [-0.3, -0.25) is 0 Å². The van der Waals surface area contributed by atoms with Crippen molar-refractivity contribution in [1.82, 2.24) is 0 Å². The highest BCUT2D eigenvalue weighted by Crippen LogP contribution is 2.34. The highest BCUT2D eigenvalue weighted by Gasteiger charge is 2.24. The zero-order chi connectivity index (χ0) is 12.3. The number of alkyl halides is 1. The van der Waals surface area contributed by atoms with Crippen LogP contribution in [0.1, 0.15) is 31.2 Å². The number of benzene rings is 1. The highest BCUT2D eigenvalue weighted by molar-refractivity contribution is 9.09. The van der Waals surface area contributed by atoms with Crippen molar-refractivity contribution in [3.8, 4) is 0 Å². The van der Waals surface area contributed by atoms with Crippen molar-refractivity contribution < 1.29 is 4.39 Å². The van der Waals surface area contributed by atoms with Crippen LogP contribution in [0.15, 0.2) is 18.2 Å². The Labute approximate surface area is 116 Å². The topological polar surface area (TPSA) is 0 Å². The minimum atomic E-state index is -0.302. The first-order valence-corrected chi connectivity index (χ1v) is 7.70. The molecule has 1 aromatic rings. The summed E-state index contributed by atoms with van der Waals surface area (Å²) in [5, 5.41) is 1.21. The Morgan fingerprint density at radius 3 is 2.65 bits per heavy atom. The predicted molar refractivity (Wildman–Crippen MR) is 74.4 cm³/mol. The summed E-state index contributed by atoms with van der Waals surface area (Å²) in [6.45, 7) is 0. The largest absolute Gasteiger partial charge is 0.205 e. The first-order valence-electron chi connectivity index (χ1n) is 6.20. The average Bonchev–Trinajstić information content (AvgIpc) is 2.84. The van der Waals surface area contributed by atoms with Gasteiger partial charge in [-0.05, 0) is 36.0 Å². The maximum atomic E-state index is 13.4. The van der Waals surface area contributed by atoms with Crippen molar-refractivity contribution in [1.29, 1.82) is 0 Å². The molecule has 0 N–H and O–H groups in total. The minimum absolute atomic E-state index is 0.213. The van der Waals surface area contributed by atoms with E-state index in [2.05, 4.69) is 15.9 Å². The fourth-order valence-corrected chi connectivity index (χ4v) is 3.62. The monoisotopic (exact) mass is 318 g/mol. The molecule has 1 fully saturated rings. The van der Waals surface area contributed by atoms with Gasteiger partial charge >= 0.3 is 0 Å². The number of hydrogen-bond acceptors (Lipinski definition) is 0. The highest BCUT2D eigenvalue weighted by atomic mass is 79.9. The quantitative estimate of drug-likeness (QED) is 0.667. The zero-order valence-electron chi connectivity index (χ0n) is 9.76. The lowest BCUT2D eigenvalue weighted by Crippen LogP contribution is -2.16. The van der Waals surface area contributed by atoms with E-state index in [0.717, 1.165) is 23.2 Å². The van der Waals surface area contributed by atoms with Crippen LogP contribution in [0, 0.1) is 17.7 Å². The van der Waals surface area contributed by atoms with Crippen LogP contribution in [0.2, 0.25) is 5.02 Å². The van der Waals surface area contributed by atoms with E-state index in [1.807, 2.05) is 6.07 Å². The lowest BCUT2D eigenvalue weighted by atomic mass is 9.87. The molecule has 1 aliphatic carbocycles. The molecule has 1 atom stereocenters. The molecule has 2 rings (SSSR count). The smallest absolute Gasteiger partial charge is 0.142 e. The third-order valence-corrected chi connectivity index (χ3v) is 4.88. The Hall–Kier alpha value is -0.0800. The second-order valence-corrected chi connectivity index (χ2v) is 5.97. The van der Waals surface area contributed by atoms with Gasteiger partial charge in [-0.2, -0.15) is 0 Å². The summed E-state index contributed by atoms with van der Waals surface area (Å²) in [5.74, 6) is 1.12. The molecule has 0 bridgehead atoms. The van der Waals surface area contributed by atoms with Crippen molar-refractivity contribution in [2.45, 2.75) is 32.1 Å². The predicted octanol–water partition coefficient (Wildman–Crippen LogP) is 5.22. The molecule has 1 saturated carbocycles. The molecule has 0 saturated heterocycles. The number of hydrogen-bond donors (Lipinski definition) is 0. The van der Waals surface area contributed by atoms with E-state index in [1.54, 1.807) is 12.1 Å². The Kier molecular flexibility index (Phi) is 4.87. The summed E-state index contributed by atoms with van der Waals surface area (Å²) < 4.78 is 13.4. The molecule has 0 nitrogen and oxygen atoms in total. The third-order valence-electron chi connectivity index (χ3n) is 3.75. The van der Waals surface area contributed by atoms with Crippen LogP contribution in [0.4, 0.5) is 4.39 Å². The van der Waals surface area contributed by atoms with E-state index in [4.69, 9.17) is 11.6 Å². The lowest BCUT2D eigenvalue weighted by Gasteiger charge is -2.21. The van der Waals surface area contributed by atoms with Crippen LogP contribution in [-0.4, -0.2) is 5.33 Å². The summed E-state index contributed by atoms with van der Waals surface area (Å²) in [4.78, 5) is 0. The average molecular weight is 320 g/mol. The Morgan fingerprint density at radius 1 is 1.35 bits per heavy atom. The van der Waals surface area contributed by atoms with E-state index in [1.165, 1.54) is 25.7 Å². The molecule has 0 heterocycles. The summed E-state index contributed by atoms with van der Waals surface area (Å²) in [6.07, 6.45) is 6.30. The first kappa shape index (κ1) is 13.4. The van der Waals surface area contributed by atoms with Crippen LogP contribution in [0.5, 0.6) is 0 Å². The number of halogens is 3. The molecule has 17 heavy (non-hydrogen) atoms. The van der Waals surface area contributed by atoms with Crippen LogP contribution in [0.3, 0.4) is 0 Å². The van der Waals surface area contributed by atoms with Gasteiger partial charge < -0.3 is 0 Å². The molecule has 0 amide bonds. The van der Waals surface area contributed by atoms with Gasteiger partial charge in [0.25, 0.3) is 0 Å². The fraction of sp³-hybridized carbons (Fsp3) is 0.571. The van der Waals surface area contributed by atoms with E-state index < -0.39 is 0 Å². The first-order chi connectivity index (χ1) is 8.20. The van der Waals surface area contributed by atoms with Crippen LogP contribution < -0.4 is 0 Å². The molecule has 0 spiro atoms. The summed E-state index contributed by atoms with van der Waals surface area (Å²) in [5.41, 5.74) is 1.06. The van der Waals surface area contributed by atoms with E-state index >= 15 is 0 Å². The normalized spacial score (nSPS) is 18.5. The van der Waals surface area contributed by atoms with Crippen LogP contribution in [-0.2, 0) is 6.42 Å². The van der Waals surface area contributed by atoms with E-state index in [9.17, 15) is 4.39 Å². The van der Waals surface area contributed by atoms with Crippen molar-refractivity contribution in [3.05, 3.63) is 34.6 Å². The van der Waals surface area contributed by atoms with Crippen molar-refractivity contribution >= 4 is 27.5 Å². The zero-order valence-corrected chi connectivity index (χ0v) is 12.1. The SMILES string of the molecule is Fc1cc(CC(CBr)C2CCCC2)ccc1Cl. The Bertz CT molecular complexity index is 374. The standard InChI is InChI=1S/C14H17BrClF/c15-9-12(11-3-1-2-4-11)7-10-5-6-13(16)14(17)8-10/h5-6,8,11-12H,1-4,7,9H2. The van der Waals surface area contributed by atoms with Crippen LogP contribution in [0.25, 0.3) is 0 Å². The second-order valence-electron chi connectivity index (χ2n) is 4.91. The summed E-state index contributed by atoms with van der Waals surface area (Å²) >= 11 is 9.29. The molecule has 94 valence electrons. The van der Waals surface area contributed by atoms with E-state index in [-0.39, 0.29) is 10.8 Å². The molecule has 1 aliphatic rings. The molecular formula is C14H17BrClF. The summed E-state index contributed by atoms with van der Waals surface area (Å²) in [6, 6.07) is 5.18. The Balaban J connectivity index is 2.04. The van der Waals surface area contributed by atoms with Gasteiger partial charge in [-0.15, -0.1) is 0 Å². The van der Waals surface area contributed by atoms with E-state index in [0.29, 0.717) is 5.92 Å². The van der Waals surface area contributed by atoms with Gasteiger partial charge in [-0.25, -0.2) is 4.39 Å². The molecular weight excluding hydrogens is 303 g/mol. The number of rotatable bonds is 4. The van der Waals surface area contributed by atoms with Gasteiger partial charge in [0, 0.05) is 5.33 Å². The van der Waals surface area contributed by atoms with Gasteiger partial charge in [0.05, 0.1) is 5.02 Å². The maximum absolute atomic E-state index is 13.4. The van der Waals surface area contributed by atoms with Crippen LogP contribution >= 0.6 is 27.5 Å². The molecule has 1 aromatic carbocycles. The van der Waals surface area contributed by atoms with Gasteiger partial charge in [0.1, 0.15) is 5.82 Å². The maximum Gasteiger partial charge on any atom is 0.142 e.